The van der Waals surface area contributed by atoms with E-state index in [0.717, 1.165) is 16.3 Å². The molecule has 0 unspecified atom stereocenters. The number of rotatable bonds is 5. The number of hydrogen-bond acceptors (Lipinski definition) is 5. The lowest BCUT2D eigenvalue weighted by Crippen LogP contribution is -2.08. The highest BCUT2D eigenvalue weighted by molar-refractivity contribution is 7.15. The molecule has 0 radical (unpaired) electrons. The Kier molecular flexibility index (Phi) is 4.01. The maximum Gasteiger partial charge on any atom is 0.324 e. The molecule has 0 saturated carbocycles. The van der Waals surface area contributed by atoms with Crippen LogP contribution in [0.1, 0.15) is 4.88 Å². The monoisotopic (exact) mass is 277 g/mol. The molecule has 5 nitrogen and oxygen atoms in total. The van der Waals surface area contributed by atoms with Crippen molar-refractivity contribution >= 4 is 27.7 Å². The number of hydrogen-bond donors (Lipinski definition) is 1. The molecule has 0 atom stereocenters. The standard InChI is InChI=1S/C13H15N3O2S/c1-15(2)11-5-3-10(4-6-11)14-9-12-7-8-13(19-12)16(17)18/h3-8,14H,9H2,1-2H3. The molecule has 1 heterocycles. The third-order valence-corrected chi connectivity index (χ3v) is 3.71. The quantitative estimate of drug-likeness (QED) is 0.672. The van der Waals surface area contributed by atoms with Gasteiger partial charge in [-0.1, -0.05) is 11.3 Å². The van der Waals surface area contributed by atoms with Crippen LogP contribution in [0, 0.1) is 10.1 Å². The van der Waals surface area contributed by atoms with Crippen molar-refractivity contribution in [1.29, 1.82) is 0 Å². The highest BCUT2D eigenvalue weighted by Gasteiger charge is 2.09. The molecule has 0 aliphatic rings. The summed E-state index contributed by atoms with van der Waals surface area (Å²) in [6, 6.07) is 11.4. The molecular weight excluding hydrogens is 262 g/mol. The molecule has 2 rings (SSSR count). The van der Waals surface area contributed by atoms with E-state index in [1.54, 1.807) is 6.07 Å². The fourth-order valence-electron chi connectivity index (χ4n) is 1.63. The van der Waals surface area contributed by atoms with E-state index in [-0.39, 0.29) is 9.92 Å². The maximum atomic E-state index is 10.6. The van der Waals surface area contributed by atoms with E-state index in [1.165, 1.54) is 17.4 Å². The topological polar surface area (TPSA) is 58.4 Å². The van der Waals surface area contributed by atoms with Crippen LogP contribution in [0.15, 0.2) is 36.4 Å². The highest BCUT2D eigenvalue weighted by Crippen LogP contribution is 2.25. The van der Waals surface area contributed by atoms with Crippen molar-refractivity contribution in [2.45, 2.75) is 6.54 Å². The fraction of sp³-hybridized carbons (Fsp3) is 0.231. The molecule has 0 bridgehead atoms. The first-order valence-corrected chi connectivity index (χ1v) is 6.62. The van der Waals surface area contributed by atoms with Crippen molar-refractivity contribution in [3.63, 3.8) is 0 Å². The normalized spacial score (nSPS) is 10.2. The van der Waals surface area contributed by atoms with Gasteiger partial charge in [0.1, 0.15) is 0 Å². The number of nitro groups is 1. The molecule has 100 valence electrons. The average molecular weight is 277 g/mol. The predicted molar refractivity (Wildman–Crippen MR) is 79.1 cm³/mol. The number of benzene rings is 1. The molecule has 1 N–H and O–H groups in total. The second-order valence-electron chi connectivity index (χ2n) is 4.29. The van der Waals surface area contributed by atoms with E-state index >= 15 is 0 Å². The molecule has 19 heavy (non-hydrogen) atoms. The number of anilines is 2. The molecule has 0 aliphatic carbocycles. The van der Waals surface area contributed by atoms with Gasteiger partial charge in [-0.15, -0.1) is 0 Å². The molecule has 2 aromatic rings. The molecule has 6 heteroatoms. The zero-order chi connectivity index (χ0) is 13.8. The van der Waals surface area contributed by atoms with Crippen LogP contribution in [0.4, 0.5) is 16.4 Å². The lowest BCUT2D eigenvalue weighted by molar-refractivity contribution is -0.380. The Hall–Kier alpha value is -2.08. The minimum atomic E-state index is -0.361. The fourth-order valence-corrected chi connectivity index (χ4v) is 2.39. The number of nitrogens with zero attached hydrogens (tertiary/aromatic N) is 2. The van der Waals surface area contributed by atoms with Crippen molar-refractivity contribution in [2.75, 3.05) is 24.3 Å². The zero-order valence-corrected chi connectivity index (χ0v) is 11.6. The molecule has 0 amide bonds. The summed E-state index contributed by atoms with van der Waals surface area (Å²) in [6.45, 7) is 0.597. The van der Waals surface area contributed by atoms with Gasteiger partial charge in [0.25, 0.3) is 0 Å². The van der Waals surface area contributed by atoms with Crippen LogP contribution >= 0.6 is 11.3 Å². The van der Waals surface area contributed by atoms with Gasteiger partial charge < -0.3 is 10.2 Å². The summed E-state index contributed by atoms with van der Waals surface area (Å²) in [5.74, 6) is 0. The SMILES string of the molecule is CN(C)c1ccc(NCc2ccc([N+](=O)[O-])s2)cc1. The van der Waals surface area contributed by atoms with Crippen LogP contribution in [0.3, 0.4) is 0 Å². The zero-order valence-electron chi connectivity index (χ0n) is 10.8. The average Bonchev–Trinajstić information content (AvgIpc) is 2.86. The van der Waals surface area contributed by atoms with Gasteiger partial charge in [-0.05, 0) is 30.3 Å². The van der Waals surface area contributed by atoms with Crippen molar-refractivity contribution in [3.05, 3.63) is 51.4 Å². The highest BCUT2D eigenvalue weighted by atomic mass is 32.1. The summed E-state index contributed by atoms with van der Waals surface area (Å²) < 4.78 is 0. The maximum absolute atomic E-state index is 10.6. The van der Waals surface area contributed by atoms with Crippen molar-refractivity contribution in [1.82, 2.24) is 0 Å². The second-order valence-corrected chi connectivity index (χ2v) is 5.44. The van der Waals surface area contributed by atoms with Crippen molar-refractivity contribution in [3.8, 4) is 0 Å². The van der Waals surface area contributed by atoms with Gasteiger partial charge in [0, 0.05) is 43.0 Å². The molecule has 1 aromatic carbocycles. The van der Waals surface area contributed by atoms with Crippen LogP contribution in [-0.2, 0) is 6.54 Å². The largest absolute Gasteiger partial charge is 0.380 e. The summed E-state index contributed by atoms with van der Waals surface area (Å²) in [5, 5.41) is 14.0. The summed E-state index contributed by atoms with van der Waals surface area (Å²) in [6.07, 6.45) is 0. The Morgan fingerprint density at radius 1 is 1.21 bits per heavy atom. The minimum absolute atomic E-state index is 0.180. The Labute approximate surface area is 115 Å². The predicted octanol–water partition coefficient (Wildman–Crippen LogP) is 3.33. The van der Waals surface area contributed by atoms with E-state index in [4.69, 9.17) is 0 Å². The van der Waals surface area contributed by atoms with Crippen LogP contribution in [-0.4, -0.2) is 19.0 Å². The van der Waals surface area contributed by atoms with Gasteiger partial charge in [0.2, 0.25) is 0 Å². The molecule has 1 aromatic heterocycles. The third-order valence-electron chi connectivity index (χ3n) is 2.68. The Balaban J connectivity index is 1.96. The van der Waals surface area contributed by atoms with Crippen molar-refractivity contribution < 1.29 is 4.92 Å². The minimum Gasteiger partial charge on any atom is -0.380 e. The van der Waals surface area contributed by atoms with Crippen LogP contribution in [0.25, 0.3) is 0 Å². The summed E-state index contributed by atoms with van der Waals surface area (Å²) in [7, 11) is 3.99. The van der Waals surface area contributed by atoms with Crippen LogP contribution in [0.5, 0.6) is 0 Å². The first-order chi connectivity index (χ1) is 9.06. The molecular formula is C13H15N3O2S. The van der Waals surface area contributed by atoms with Gasteiger partial charge in [0.15, 0.2) is 0 Å². The Bertz CT molecular complexity index is 564. The third kappa shape index (κ3) is 3.45. The van der Waals surface area contributed by atoms with E-state index in [2.05, 4.69) is 5.32 Å². The van der Waals surface area contributed by atoms with E-state index in [9.17, 15) is 10.1 Å². The van der Waals surface area contributed by atoms with Crippen molar-refractivity contribution in [2.24, 2.45) is 0 Å². The second kappa shape index (κ2) is 5.71. The molecule has 0 spiro atoms. The van der Waals surface area contributed by atoms with E-state index < -0.39 is 0 Å². The van der Waals surface area contributed by atoms with Crippen LogP contribution in [0.2, 0.25) is 0 Å². The smallest absolute Gasteiger partial charge is 0.324 e. The van der Waals surface area contributed by atoms with E-state index in [0.29, 0.717) is 6.54 Å². The van der Waals surface area contributed by atoms with Gasteiger partial charge in [0.05, 0.1) is 4.92 Å². The summed E-state index contributed by atoms with van der Waals surface area (Å²) >= 11 is 1.20. The summed E-state index contributed by atoms with van der Waals surface area (Å²) in [5.41, 5.74) is 2.14. The summed E-state index contributed by atoms with van der Waals surface area (Å²) in [4.78, 5) is 13.2. The lowest BCUT2D eigenvalue weighted by atomic mass is 10.2. The van der Waals surface area contributed by atoms with Gasteiger partial charge in [-0.25, -0.2) is 0 Å². The van der Waals surface area contributed by atoms with E-state index in [1.807, 2.05) is 43.3 Å². The molecule has 0 fully saturated rings. The number of nitrogens with one attached hydrogen (secondary N) is 1. The lowest BCUT2D eigenvalue weighted by Gasteiger charge is -2.13. The first-order valence-electron chi connectivity index (χ1n) is 5.80. The first kappa shape index (κ1) is 13.4. The van der Waals surface area contributed by atoms with Gasteiger partial charge >= 0.3 is 5.00 Å². The van der Waals surface area contributed by atoms with Crippen LogP contribution < -0.4 is 10.2 Å². The van der Waals surface area contributed by atoms with Gasteiger partial charge in [-0.3, -0.25) is 10.1 Å². The molecule has 0 saturated heterocycles. The Morgan fingerprint density at radius 3 is 2.42 bits per heavy atom. The Morgan fingerprint density at radius 2 is 1.89 bits per heavy atom. The van der Waals surface area contributed by atoms with Gasteiger partial charge in [-0.2, -0.15) is 0 Å². The molecule has 0 aliphatic heterocycles. The number of thiophene rings is 1.